The van der Waals surface area contributed by atoms with Gasteiger partial charge in [-0.1, -0.05) is 11.8 Å². The van der Waals surface area contributed by atoms with E-state index in [1.807, 2.05) is 13.0 Å². The molecule has 0 aliphatic rings. The van der Waals surface area contributed by atoms with Gasteiger partial charge in [0.15, 0.2) is 0 Å². The fraction of sp³-hybridized carbons (Fsp3) is 0.188. The van der Waals surface area contributed by atoms with Gasteiger partial charge in [-0.25, -0.2) is 4.39 Å². The number of pyridine rings is 1. The van der Waals surface area contributed by atoms with Crippen LogP contribution in [0.2, 0.25) is 0 Å². The summed E-state index contributed by atoms with van der Waals surface area (Å²) in [5, 5.41) is 0. The molecule has 0 radical (unpaired) electrons. The third-order valence-corrected chi connectivity index (χ3v) is 2.69. The number of alkyl halides is 1. The lowest BCUT2D eigenvalue weighted by molar-refractivity contribution is 0.304. The smallest absolute Gasteiger partial charge is 0.135 e. The van der Waals surface area contributed by atoms with E-state index in [4.69, 9.17) is 16.3 Å². The summed E-state index contributed by atoms with van der Waals surface area (Å²) in [6.07, 6.45) is 3.51. The highest BCUT2D eigenvalue weighted by Gasteiger charge is 2.04. The molecule has 0 spiro atoms. The summed E-state index contributed by atoms with van der Waals surface area (Å²) in [6, 6.07) is 6.23. The molecular weight excluding hydrogens is 277 g/mol. The van der Waals surface area contributed by atoms with E-state index in [2.05, 4.69) is 16.8 Å². The monoisotopic (exact) mass is 289 g/mol. The topological polar surface area (TPSA) is 22.1 Å². The second-order valence-corrected chi connectivity index (χ2v) is 4.50. The summed E-state index contributed by atoms with van der Waals surface area (Å²) >= 11 is 5.52. The Hall–Kier alpha value is -2.05. The number of nitrogens with zero attached hydrogens (tertiary/aromatic N) is 1. The molecule has 20 heavy (non-hydrogen) atoms. The van der Waals surface area contributed by atoms with Gasteiger partial charge in [0.25, 0.3) is 0 Å². The molecule has 1 aromatic carbocycles. The van der Waals surface area contributed by atoms with Gasteiger partial charge in [0.05, 0.1) is 11.4 Å². The van der Waals surface area contributed by atoms with E-state index in [0.29, 0.717) is 17.9 Å². The summed E-state index contributed by atoms with van der Waals surface area (Å²) < 4.78 is 18.9. The quantitative estimate of drug-likeness (QED) is 0.635. The van der Waals surface area contributed by atoms with Crippen LogP contribution in [-0.4, -0.2) is 10.9 Å². The highest BCUT2D eigenvalue weighted by molar-refractivity contribution is 6.19. The first-order valence-corrected chi connectivity index (χ1v) is 6.60. The Morgan fingerprint density at radius 3 is 2.90 bits per heavy atom. The van der Waals surface area contributed by atoms with Crippen LogP contribution < -0.4 is 4.74 Å². The van der Waals surface area contributed by atoms with Crippen LogP contribution in [0.25, 0.3) is 0 Å². The number of rotatable bonds is 3. The average Bonchev–Trinajstić information content (AvgIpc) is 2.44. The SMILES string of the molecule is Cc1cncc(COc2ccc(F)cc2C#CCCl)c1. The Bertz CT molecular complexity index is 661. The van der Waals surface area contributed by atoms with E-state index in [1.54, 1.807) is 18.5 Å². The molecular formula is C16H13ClFNO. The largest absolute Gasteiger partial charge is 0.488 e. The van der Waals surface area contributed by atoms with Gasteiger partial charge in [-0.15, -0.1) is 11.6 Å². The Balaban J connectivity index is 2.16. The van der Waals surface area contributed by atoms with Crippen molar-refractivity contribution in [2.24, 2.45) is 0 Å². The second-order valence-electron chi connectivity index (χ2n) is 4.24. The molecule has 0 saturated heterocycles. The maximum Gasteiger partial charge on any atom is 0.135 e. The van der Waals surface area contributed by atoms with Crippen LogP contribution in [-0.2, 0) is 6.61 Å². The van der Waals surface area contributed by atoms with E-state index < -0.39 is 0 Å². The highest BCUT2D eigenvalue weighted by atomic mass is 35.5. The van der Waals surface area contributed by atoms with E-state index in [1.165, 1.54) is 12.1 Å². The van der Waals surface area contributed by atoms with Gasteiger partial charge in [-0.2, -0.15) is 0 Å². The number of benzene rings is 1. The Morgan fingerprint density at radius 1 is 1.30 bits per heavy atom. The molecule has 2 rings (SSSR count). The van der Waals surface area contributed by atoms with Gasteiger partial charge in [-0.05, 0) is 36.8 Å². The van der Waals surface area contributed by atoms with Crippen LogP contribution in [0, 0.1) is 24.6 Å². The lowest BCUT2D eigenvalue weighted by Gasteiger charge is -2.08. The molecule has 0 atom stereocenters. The summed E-state index contributed by atoms with van der Waals surface area (Å²) in [4.78, 5) is 4.10. The van der Waals surface area contributed by atoms with Crippen molar-refractivity contribution in [3.05, 3.63) is 59.2 Å². The van der Waals surface area contributed by atoms with Crippen molar-refractivity contribution in [1.82, 2.24) is 4.98 Å². The zero-order valence-electron chi connectivity index (χ0n) is 11.0. The number of aromatic nitrogens is 1. The Morgan fingerprint density at radius 2 is 2.15 bits per heavy atom. The van der Waals surface area contributed by atoms with Gasteiger partial charge in [-0.3, -0.25) is 4.98 Å². The van der Waals surface area contributed by atoms with Gasteiger partial charge in [0, 0.05) is 18.0 Å². The zero-order chi connectivity index (χ0) is 14.4. The van der Waals surface area contributed by atoms with Crippen molar-refractivity contribution in [3.63, 3.8) is 0 Å². The minimum atomic E-state index is -0.353. The minimum absolute atomic E-state index is 0.192. The third kappa shape index (κ3) is 3.97. The van der Waals surface area contributed by atoms with Crippen molar-refractivity contribution < 1.29 is 9.13 Å². The Kier molecular flexibility index (Phi) is 4.97. The van der Waals surface area contributed by atoms with Gasteiger partial charge >= 0.3 is 0 Å². The molecule has 0 aliphatic heterocycles. The summed E-state index contributed by atoms with van der Waals surface area (Å²) in [5.74, 6) is 5.86. The molecule has 0 fully saturated rings. The molecule has 0 aliphatic carbocycles. The summed E-state index contributed by atoms with van der Waals surface area (Å²) in [6.45, 7) is 2.32. The fourth-order valence-electron chi connectivity index (χ4n) is 1.71. The first kappa shape index (κ1) is 14.4. The van der Waals surface area contributed by atoms with E-state index in [0.717, 1.165) is 11.1 Å². The lowest BCUT2D eigenvalue weighted by atomic mass is 10.2. The number of hydrogen-bond donors (Lipinski definition) is 0. The predicted octanol–water partition coefficient (Wildman–Crippen LogP) is 3.70. The van der Waals surface area contributed by atoms with Crippen molar-refractivity contribution in [1.29, 1.82) is 0 Å². The standard InChI is InChI=1S/C16H13ClFNO/c1-12-7-13(10-19-9-12)11-20-16-5-4-15(18)8-14(16)3-2-6-17/h4-5,7-10H,6,11H2,1H3. The lowest BCUT2D eigenvalue weighted by Crippen LogP contribution is -1.99. The summed E-state index contributed by atoms with van der Waals surface area (Å²) in [7, 11) is 0. The molecule has 2 nitrogen and oxygen atoms in total. The van der Waals surface area contributed by atoms with Crippen LogP contribution in [0.1, 0.15) is 16.7 Å². The van der Waals surface area contributed by atoms with E-state index in [-0.39, 0.29) is 11.7 Å². The molecule has 0 amide bonds. The van der Waals surface area contributed by atoms with Crippen molar-refractivity contribution in [2.75, 3.05) is 5.88 Å². The molecule has 1 aromatic heterocycles. The maximum atomic E-state index is 13.2. The fourth-order valence-corrected chi connectivity index (χ4v) is 1.78. The number of aryl methyl sites for hydroxylation is 1. The Labute approximate surface area is 122 Å². The first-order chi connectivity index (χ1) is 9.69. The van der Waals surface area contributed by atoms with Gasteiger partial charge in [0.1, 0.15) is 18.2 Å². The highest BCUT2D eigenvalue weighted by Crippen LogP contribution is 2.20. The number of hydrogen-bond acceptors (Lipinski definition) is 2. The van der Waals surface area contributed by atoms with E-state index in [9.17, 15) is 4.39 Å². The molecule has 0 saturated carbocycles. The summed E-state index contributed by atoms with van der Waals surface area (Å²) in [5.41, 5.74) is 2.50. The van der Waals surface area contributed by atoms with E-state index >= 15 is 0 Å². The average molecular weight is 290 g/mol. The minimum Gasteiger partial charge on any atom is -0.488 e. The maximum absolute atomic E-state index is 13.2. The molecule has 4 heteroatoms. The first-order valence-electron chi connectivity index (χ1n) is 6.07. The molecule has 0 unspecified atom stereocenters. The molecule has 0 N–H and O–H groups in total. The second kappa shape index (κ2) is 6.93. The number of ether oxygens (including phenoxy) is 1. The molecule has 2 aromatic rings. The van der Waals surface area contributed by atoms with Crippen LogP contribution in [0.15, 0.2) is 36.7 Å². The van der Waals surface area contributed by atoms with Gasteiger partial charge < -0.3 is 4.74 Å². The van der Waals surface area contributed by atoms with Crippen LogP contribution in [0.3, 0.4) is 0 Å². The molecule has 0 bridgehead atoms. The van der Waals surface area contributed by atoms with Crippen LogP contribution >= 0.6 is 11.6 Å². The molecule has 1 heterocycles. The van der Waals surface area contributed by atoms with Gasteiger partial charge in [0.2, 0.25) is 0 Å². The van der Waals surface area contributed by atoms with Crippen LogP contribution in [0.5, 0.6) is 5.75 Å². The third-order valence-electron chi connectivity index (χ3n) is 2.56. The number of halogens is 2. The zero-order valence-corrected chi connectivity index (χ0v) is 11.7. The predicted molar refractivity (Wildman–Crippen MR) is 77.3 cm³/mol. The normalized spacial score (nSPS) is 9.75. The van der Waals surface area contributed by atoms with Crippen molar-refractivity contribution in [3.8, 4) is 17.6 Å². The molecule has 102 valence electrons. The van der Waals surface area contributed by atoms with Crippen LogP contribution in [0.4, 0.5) is 4.39 Å². The van der Waals surface area contributed by atoms with Crippen molar-refractivity contribution >= 4 is 11.6 Å². The van der Waals surface area contributed by atoms with Crippen molar-refractivity contribution in [2.45, 2.75) is 13.5 Å².